The van der Waals surface area contributed by atoms with E-state index in [4.69, 9.17) is 5.11 Å². The van der Waals surface area contributed by atoms with Crippen LogP contribution in [0.4, 0.5) is 0 Å². The van der Waals surface area contributed by atoms with Crippen molar-refractivity contribution in [3.8, 4) is 0 Å². The first-order valence-electron chi connectivity index (χ1n) is 3.61. The Morgan fingerprint density at radius 1 is 1.83 bits per heavy atom. The minimum atomic E-state index is -0.784. The number of hydrogen-bond donors (Lipinski definition) is 1. The molecule has 2 nitrogen and oxygen atoms in total. The maximum absolute atomic E-state index is 10.7. The van der Waals surface area contributed by atoms with Crippen molar-refractivity contribution in [3.63, 3.8) is 0 Å². The van der Waals surface area contributed by atoms with Crippen molar-refractivity contribution < 1.29 is 9.90 Å². The fraction of sp³-hybridized carbons (Fsp3) is 0.222. The second-order valence-electron chi connectivity index (χ2n) is 2.47. The SMILES string of the molecule is C=CCC(C(=O)O)c1ccsc1. The average Bonchev–Trinajstić information content (AvgIpc) is 2.51. The molecular weight excluding hydrogens is 172 g/mol. The third kappa shape index (κ3) is 1.95. The van der Waals surface area contributed by atoms with Gasteiger partial charge in [-0.1, -0.05) is 6.08 Å². The molecule has 1 unspecified atom stereocenters. The van der Waals surface area contributed by atoms with Gasteiger partial charge < -0.3 is 5.11 Å². The summed E-state index contributed by atoms with van der Waals surface area (Å²) < 4.78 is 0. The van der Waals surface area contributed by atoms with E-state index in [1.165, 1.54) is 11.3 Å². The van der Waals surface area contributed by atoms with E-state index in [2.05, 4.69) is 6.58 Å². The Kier molecular flexibility index (Phi) is 3.05. The van der Waals surface area contributed by atoms with Crippen molar-refractivity contribution in [1.29, 1.82) is 0 Å². The van der Waals surface area contributed by atoms with Crippen LogP contribution in [0.2, 0.25) is 0 Å². The Morgan fingerprint density at radius 2 is 2.58 bits per heavy atom. The lowest BCUT2D eigenvalue weighted by molar-refractivity contribution is -0.138. The minimum Gasteiger partial charge on any atom is -0.481 e. The zero-order valence-electron chi connectivity index (χ0n) is 6.56. The van der Waals surface area contributed by atoms with E-state index in [-0.39, 0.29) is 0 Å². The summed E-state index contributed by atoms with van der Waals surface area (Å²) >= 11 is 1.51. The summed E-state index contributed by atoms with van der Waals surface area (Å²) in [6.45, 7) is 3.53. The van der Waals surface area contributed by atoms with Crippen LogP contribution in [0.25, 0.3) is 0 Å². The smallest absolute Gasteiger partial charge is 0.311 e. The number of rotatable bonds is 4. The first-order valence-corrected chi connectivity index (χ1v) is 4.55. The maximum atomic E-state index is 10.7. The highest BCUT2D eigenvalue weighted by Gasteiger charge is 2.17. The van der Waals surface area contributed by atoms with Gasteiger partial charge in [0.25, 0.3) is 0 Å². The van der Waals surface area contributed by atoms with Crippen LogP contribution in [0, 0.1) is 0 Å². The Balaban J connectivity index is 2.80. The van der Waals surface area contributed by atoms with Gasteiger partial charge in [0.05, 0.1) is 5.92 Å². The second-order valence-corrected chi connectivity index (χ2v) is 3.25. The van der Waals surface area contributed by atoms with E-state index in [0.29, 0.717) is 6.42 Å². The number of allylic oxidation sites excluding steroid dienone is 1. The van der Waals surface area contributed by atoms with E-state index in [1.807, 2.05) is 16.8 Å². The topological polar surface area (TPSA) is 37.3 Å². The van der Waals surface area contributed by atoms with Crippen LogP contribution in [0.15, 0.2) is 29.5 Å². The third-order valence-electron chi connectivity index (χ3n) is 1.65. The van der Waals surface area contributed by atoms with Crippen molar-refractivity contribution in [2.45, 2.75) is 12.3 Å². The van der Waals surface area contributed by atoms with Crippen molar-refractivity contribution in [2.75, 3.05) is 0 Å². The predicted molar refractivity (Wildman–Crippen MR) is 49.5 cm³/mol. The van der Waals surface area contributed by atoms with Gasteiger partial charge in [0.1, 0.15) is 0 Å². The molecule has 0 bridgehead atoms. The summed E-state index contributed by atoms with van der Waals surface area (Å²) in [5.41, 5.74) is 0.868. The lowest BCUT2D eigenvalue weighted by Gasteiger charge is -2.06. The average molecular weight is 182 g/mol. The molecule has 0 aliphatic carbocycles. The first kappa shape index (κ1) is 9.00. The Hall–Kier alpha value is -1.09. The largest absolute Gasteiger partial charge is 0.481 e. The molecule has 12 heavy (non-hydrogen) atoms. The van der Waals surface area contributed by atoms with Gasteiger partial charge in [-0.15, -0.1) is 6.58 Å². The molecule has 0 spiro atoms. The summed E-state index contributed by atoms with van der Waals surface area (Å²) in [7, 11) is 0. The number of aliphatic carboxylic acids is 1. The van der Waals surface area contributed by atoms with Crippen LogP contribution < -0.4 is 0 Å². The number of thiophene rings is 1. The van der Waals surface area contributed by atoms with Crippen molar-refractivity contribution in [3.05, 3.63) is 35.0 Å². The van der Waals surface area contributed by atoms with E-state index < -0.39 is 11.9 Å². The maximum Gasteiger partial charge on any atom is 0.311 e. The monoisotopic (exact) mass is 182 g/mol. The van der Waals surface area contributed by atoms with E-state index in [9.17, 15) is 4.79 Å². The highest BCUT2D eigenvalue weighted by molar-refractivity contribution is 7.08. The number of carboxylic acid groups (broad SMARTS) is 1. The van der Waals surface area contributed by atoms with Crippen LogP contribution in [0.1, 0.15) is 17.9 Å². The number of hydrogen-bond acceptors (Lipinski definition) is 2. The van der Waals surface area contributed by atoms with Crippen molar-refractivity contribution >= 4 is 17.3 Å². The fourth-order valence-electron chi connectivity index (χ4n) is 1.02. The standard InChI is InChI=1S/C9H10O2S/c1-2-3-8(9(10)11)7-4-5-12-6-7/h2,4-6,8H,1,3H2,(H,10,11). The molecule has 0 aromatic carbocycles. The van der Waals surface area contributed by atoms with Crippen LogP contribution in [0.3, 0.4) is 0 Å². The molecule has 3 heteroatoms. The summed E-state index contributed by atoms with van der Waals surface area (Å²) in [5.74, 6) is -1.21. The molecule has 64 valence electrons. The molecule has 0 aliphatic heterocycles. The molecule has 1 aromatic rings. The van der Waals surface area contributed by atoms with Crippen LogP contribution in [-0.2, 0) is 4.79 Å². The lowest BCUT2D eigenvalue weighted by atomic mass is 9.99. The van der Waals surface area contributed by atoms with E-state index in [0.717, 1.165) is 5.56 Å². The number of carbonyl (C=O) groups is 1. The molecule has 1 N–H and O–H groups in total. The molecule has 0 aliphatic rings. The highest BCUT2D eigenvalue weighted by Crippen LogP contribution is 2.22. The molecule has 0 fully saturated rings. The molecule has 1 rings (SSSR count). The number of carboxylic acids is 1. The Morgan fingerprint density at radius 3 is 3.00 bits per heavy atom. The molecular formula is C9H10O2S. The molecule has 0 saturated heterocycles. The van der Waals surface area contributed by atoms with Crippen LogP contribution in [-0.4, -0.2) is 11.1 Å². The van der Waals surface area contributed by atoms with Gasteiger partial charge in [-0.05, 0) is 28.8 Å². The summed E-state index contributed by atoms with van der Waals surface area (Å²) in [6, 6.07) is 1.84. The van der Waals surface area contributed by atoms with Crippen LogP contribution in [0.5, 0.6) is 0 Å². The second kappa shape index (κ2) is 4.07. The van der Waals surface area contributed by atoms with Gasteiger partial charge in [-0.25, -0.2) is 0 Å². The van der Waals surface area contributed by atoms with Gasteiger partial charge in [0, 0.05) is 0 Å². The van der Waals surface area contributed by atoms with Gasteiger partial charge in [-0.3, -0.25) is 4.79 Å². The van der Waals surface area contributed by atoms with Gasteiger partial charge >= 0.3 is 5.97 Å². The highest BCUT2D eigenvalue weighted by atomic mass is 32.1. The van der Waals surface area contributed by atoms with Gasteiger partial charge in [0.15, 0.2) is 0 Å². The van der Waals surface area contributed by atoms with Crippen LogP contribution >= 0.6 is 11.3 Å². The van der Waals surface area contributed by atoms with E-state index in [1.54, 1.807) is 6.08 Å². The zero-order valence-corrected chi connectivity index (χ0v) is 7.38. The zero-order chi connectivity index (χ0) is 8.97. The molecule has 1 heterocycles. The first-order chi connectivity index (χ1) is 5.75. The normalized spacial score (nSPS) is 12.3. The summed E-state index contributed by atoms with van der Waals surface area (Å²) in [6.07, 6.45) is 2.13. The minimum absolute atomic E-state index is 0.422. The summed E-state index contributed by atoms with van der Waals surface area (Å²) in [4.78, 5) is 10.7. The molecule has 0 amide bonds. The summed E-state index contributed by atoms with van der Waals surface area (Å²) in [5, 5.41) is 12.6. The quantitative estimate of drug-likeness (QED) is 0.726. The molecule has 1 atom stereocenters. The van der Waals surface area contributed by atoms with Gasteiger partial charge in [-0.2, -0.15) is 11.3 Å². The third-order valence-corrected chi connectivity index (χ3v) is 2.35. The van der Waals surface area contributed by atoms with Gasteiger partial charge in [0.2, 0.25) is 0 Å². The molecule has 0 radical (unpaired) electrons. The van der Waals surface area contributed by atoms with E-state index >= 15 is 0 Å². The predicted octanol–water partition coefficient (Wildman–Crippen LogP) is 2.49. The lowest BCUT2D eigenvalue weighted by Crippen LogP contribution is -2.09. The Labute approximate surface area is 75.2 Å². The molecule has 1 aromatic heterocycles. The fourth-order valence-corrected chi connectivity index (χ4v) is 1.73. The molecule has 0 saturated carbocycles. The van der Waals surface area contributed by atoms with Crippen molar-refractivity contribution in [2.24, 2.45) is 0 Å². The Bertz CT molecular complexity index is 264. The van der Waals surface area contributed by atoms with Crippen molar-refractivity contribution in [1.82, 2.24) is 0 Å².